The van der Waals surface area contributed by atoms with Gasteiger partial charge in [0.2, 0.25) is 0 Å². The van der Waals surface area contributed by atoms with Gasteiger partial charge in [0.25, 0.3) is 0 Å². The lowest BCUT2D eigenvalue weighted by Crippen LogP contribution is -1.98. The molecule has 0 heterocycles. The van der Waals surface area contributed by atoms with Crippen molar-refractivity contribution >= 4 is 34.4 Å². The molecule has 0 saturated carbocycles. The van der Waals surface area contributed by atoms with Gasteiger partial charge >= 0.3 is 22.7 Å². The molecule has 136 valence electrons. The van der Waals surface area contributed by atoms with Gasteiger partial charge in [-0.25, -0.2) is 0 Å². The minimum absolute atomic E-state index is 0.237. The van der Waals surface area contributed by atoms with Crippen LogP contribution in [0.3, 0.4) is 0 Å². The van der Waals surface area contributed by atoms with E-state index in [0.29, 0.717) is 5.56 Å². The summed E-state index contributed by atoms with van der Waals surface area (Å²) in [7, 11) is 0. The second-order valence-corrected chi connectivity index (χ2v) is 4.99. The Morgan fingerprint density at radius 2 is 1.12 bits per heavy atom. The first-order chi connectivity index (χ1) is 12.1. The summed E-state index contributed by atoms with van der Waals surface area (Å²) in [5, 5.41) is 41.3. The van der Waals surface area contributed by atoms with Crippen molar-refractivity contribution < 1.29 is 19.7 Å². The molecule has 0 spiro atoms. The highest BCUT2D eigenvalue weighted by Gasteiger charge is 2.27. The van der Waals surface area contributed by atoms with E-state index in [1.54, 1.807) is 0 Å². The Morgan fingerprint density at radius 1 is 0.692 bits per heavy atom. The SMILES string of the molecule is Cc1cccc([N+](=O)[O-])c1[N+](=O)[O-].O=[N+]([O-])c1cccc(Cl)c1[N+](=O)[O-]. The number of aryl methyl sites for hydroxylation is 1. The van der Waals surface area contributed by atoms with Crippen molar-refractivity contribution in [1.82, 2.24) is 0 Å². The lowest BCUT2D eigenvalue weighted by atomic mass is 10.2. The van der Waals surface area contributed by atoms with Gasteiger partial charge in [0.15, 0.2) is 0 Å². The number of benzene rings is 2. The van der Waals surface area contributed by atoms with Crippen LogP contribution in [0.1, 0.15) is 5.56 Å². The Labute approximate surface area is 149 Å². The van der Waals surface area contributed by atoms with Crippen LogP contribution >= 0.6 is 11.6 Å². The number of halogens is 1. The maximum Gasteiger partial charge on any atom is 0.364 e. The summed E-state index contributed by atoms with van der Waals surface area (Å²) >= 11 is 5.42. The van der Waals surface area contributed by atoms with Gasteiger partial charge in [-0.2, -0.15) is 0 Å². The lowest BCUT2D eigenvalue weighted by molar-refractivity contribution is -0.422. The van der Waals surface area contributed by atoms with Crippen molar-refractivity contribution in [3.8, 4) is 0 Å². The molecule has 26 heavy (non-hydrogen) atoms. The molecule has 2 aromatic carbocycles. The van der Waals surface area contributed by atoms with Gasteiger partial charge < -0.3 is 0 Å². The topological polar surface area (TPSA) is 173 Å². The predicted molar refractivity (Wildman–Crippen MR) is 89.2 cm³/mol. The molecule has 12 nitrogen and oxygen atoms in total. The minimum Gasteiger partial charge on any atom is -0.258 e. The number of nitro benzene ring substituents is 4. The third-order valence-corrected chi connectivity index (χ3v) is 3.25. The van der Waals surface area contributed by atoms with Gasteiger partial charge in [-0.3, -0.25) is 40.5 Å². The zero-order valence-corrected chi connectivity index (χ0v) is 13.7. The third-order valence-electron chi connectivity index (χ3n) is 2.94. The number of nitro groups is 4. The van der Waals surface area contributed by atoms with Crippen LogP contribution in [0.25, 0.3) is 0 Å². The van der Waals surface area contributed by atoms with Gasteiger partial charge in [-0.1, -0.05) is 29.8 Å². The van der Waals surface area contributed by atoms with Crippen molar-refractivity contribution in [2.45, 2.75) is 6.92 Å². The molecule has 13 heteroatoms. The molecule has 0 aliphatic heterocycles. The Kier molecular flexibility index (Phi) is 6.61. The maximum absolute atomic E-state index is 10.4. The molecule has 0 aliphatic carbocycles. The van der Waals surface area contributed by atoms with Gasteiger partial charge in [0.1, 0.15) is 5.02 Å². The molecule has 2 aromatic rings. The summed E-state index contributed by atoms with van der Waals surface area (Å²) in [6, 6.07) is 7.54. The Hall–Kier alpha value is -3.67. The summed E-state index contributed by atoms with van der Waals surface area (Å²) < 4.78 is 0. The number of hydrogen-bond acceptors (Lipinski definition) is 8. The zero-order chi connectivity index (χ0) is 20.0. The normalized spacial score (nSPS) is 9.62. The fourth-order valence-corrected chi connectivity index (χ4v) is 2.10. The summed E-state index contributed by atoms with van der Waals surface area (Å²) in [6.45, 7) is 1.46. The Morgan fingerprint density at radius 3 is 1.46 bits per heavy atom. The van der Waals surface area contributed by atoms with Crippen molar-refractivity contribution in [2.24, 2.45) is 0 Å². The van der Waals surface area contributed by atoms with Crippen molar-refractivity contribution in [3.05, 3.63) is 87.4 Å². The van der Waals surface area contributed by atoms with Gasteiger partial charge in [-0.15, -0.1) is 0 Å². The van der Waals surface area contributed by atoms with E-state index in [9.17, 15) is 40.5 Å². The molecule has 0 radical (unpaired) electrons. The van der Waals surface area contributed by atoms with E-state index in [1.807, 2.05) is 0 Å². The molecule has 0 aliphatic rings. The Bertz CT molecular complexity index is 828. The summed E-state index contributed by atoms with van der Waals surface area (Å²) in [5.41, 5.74) is -1.89. The van der Waals surface area contributed by atoms with E-state index in [0.717, 1.165) is 12.1 Å². The van der Waals surface area contributed by atoms with Crippen LogP contribution in [0.2, 0.25) is 5.02 Å². The smallest absolute Gasteiger partial charge is 0.258 e. The second-order valence-electron chi connectivity index (χ2n) is 4.58. The highest BCUT2D eigenvalue weighted by molar-refractivity contribution is 6.33. The highest BCUT2D eigenvalue weighted by Crippen LogP contribution is 2.33. The first kappa shape index (κ1) is 20.4. The molecular weight excluding hydrogens is 376 g/mol. The van der Waals surface area contributed by atoms with Gasteiger partial charge in [0.05, 0.1) is 19.7 Å². The summed E-state index contributed by atoms with van der Waals surface area (Å²) in [4.78, 5) is 38.3. The first-order valence-electron chi connectivity index (χ1n) is 6.53. The molecule has 0 aromatic heterocycles. The van der Waals surface area contributed by atoms with E-state index in [1.165, 1.54) is 31.2 Å². The van der Waals surface area contributed by atoms with Crippen molar-refractivity contribution in [2.75, 3.05) is 0 Å². The number of hydrogen-bond donors (Lipinski definition) is 0. The molecule has 0 atom stereocenters. The lowest BCUT2D eigenvalue weighted by Gasteiger charge is -1.96. The van der Waals surface area contributed by atoms with E-state index in [2.05, 4.69) is 0 Å². The number of rotatable bonds is 4. The molecular formula is C13H9ClN4O8. The predicted octanol–water partition coefficient (Wildman–Crippen LogP) is 3.97. The highest BCUT2D eigenvalue weighted by atomic mass is 35.5. The average Bonchev–Trinajstić information content (AvgIpc) is 2.54. The zero-order valence-electron chi connectivity index (χ0n) is 12.9. The second kappa shape index (κ2) is 8.43. The molecule has 0 fully saturated rings. The molecule has 0 bridgehead atoms. The largest absolute Gasteiger partial charge is 0.364 e. The van der Waals surface area contributed by atoms with Crippen molar-refractivity contribution in [1.29, 1.82) is 0 Å². The van der Waals surface area contributed by atoms with Crippen LogP contribution in [0.15, 0.2) is 36.4 Å². The molecule has 0 saturated heterocycles. The van der Waals surface area contributed by atoms with Gasteiger partial charge in [0, 0.05) is 17.7 Å². The standard InChI is InChI=1S/C7H6N2O4.C6H3ClN2O4/c1-5-3-2-4-6(8(10)11)7(5)9(12)13;7-4-2-1-3-5(8(10)11)6(4)9(12)13/h2-4H,1H3;1-3H. The number of para-hydroxylation sites is 2. The third kappa shape index (κ3) is 4.67. The minimum atomic E-state index is -0.875. The fourth-order valence-electron chi connectivity index (χ4n) is 1.86. The van der Waals surface area contributed by atoms with E-state index >= 15 is 0 Å². The summed E-state index contributed by atoms with van der Waals surface area (Å²) in [6.07, 6.45) is 0. The fraction of sp³-hybridized carbons (Fsp3) is 0.0769. The molecule has 0 N–H and O–H groups in total. The van der Waals surface area contributed by atoms with E-state index in [-0.39, 0.29) is 5.02 Å². The van der Waals surface area contributed by atoms with E-state index < -0.39 is 42.4 Å². The van der Waals surface area contributed by atoms with Crippen LogP contribution in [-0.4, -0.2) is 19.7 Å². The van der Waals surface area contributed by atoms with Gasteiger partial charge in [-0.05, 0) is 13.0 Å². The van der Waals surface area contributed by atoms with Crippen molar-refractivity contribution in [3.63, 3.8) is 0 Å². The summed E-state index contributed by atoms with van der Waals surface area (Å²) in [5.74, 6) is 0. The van der Waals surface area contributed by atoms with E-state index in [4.69, 9.17) is 11.6 Å². The van der Waals surface area contributed by atoms with Crippen LogP contribution in [0.5, 0.6) is 0 Å². The molecule has 2 rings (SSSR count). The Balaban J connectivity index is 0.000000260. The first-order valence-corrected chi connectivity index (χ1v) is 6.91. The monoisotopic (exact) mass is 384 g/mol. The average molecular weight is 385 g/mol. The molecule has 0 amide bonds. The van der Waals surface area contributed by atoms with Crippen LogP contribution in [0, 0.1) is 47.4 Å². The van der Waals surface area contributed by atoms with Crippen LogP contribution < -0.4 is 0 Å². The van der Waals surface area contributed by atoms with Crippen LogP contribution in [0.4, 0.5) is 22.7 Å². The molecule has 0 unspecified atom stereocenters. The van der Waals surface area contributed by atoms with Crippen LogP contribution in [-0.2, 0) is 0 Å². The maximum atomic E-state index is 10.4. The quantitative estimate of drug-likeness (QED) is 0.562. The number of nitrogens with zero attached hydrogens (tertiary/aromatic N) is 4.